The second kappa shape index (κ2) is 9.21. The van der Waals surface area contributed by atoms with Gasteiger partial charge in [0.15, 0.2) is 0 Å². The Morgan fingerprint density at radius 3 is 2.36 bits per heavy atom. The van der Waals surface area contributed by atoms with Gasteiger partial charge in [-0.25, -0.2) is 8.78 Å². The Bertz CT molecular complexity index is 1130. The molecule has 1 aliphatic rings. The predicted molar refractivity (Wildman–Crippen MR) is 114 cm³/mol. The van der Waals surface area contributed by atoms with E-state index >= 15 is 0 Å². The number of carbonyl (C=O) groups is 1. The van der Waals surface area contributed by atoms with Gasteiger partial charge in [-0.05, 0) is 60.4 Å². The zero-order valence-electron chi connectivity index (χ0n) is 17.4. The molecular weight excluding hydrogens is 439 g/mol. The molecule has 1 aliphatic heterocycles. The predicted octanol–water partition coefficient (Wildman–Crippen LogP) is 6.50. The van der Waals surface area contributed by atoms with E-state index in [4.69, 9.17) is 0 Å². The summed E-state index contributed by atoms with van der Waals surface area (Å²) >= 11 is 0. The van der Waals surface area contributed by atoms with Crippen molar-refractivity contribution in [2.24, 2.45) is 0 Å². The lowest BCUT2D eigenvalue weighted by atomic mass is 10.0. The number of amides is 1. The van der Waals surface area contributed by atoms with E-state index in [9.17, 15) is 26.7 Å². The summed E-state index contributed by atoms with van der Waals surface area (Å²) in [5.74, 6) is -1.44. The lowest BCUT2D eigenvalue weighted by molar-refractivity contribution is -0.137. The van der Waals surface area contributed by atoms with Crippen molar-refractivity contribution >= 4 is 11.6 Å². The number of alkyl halides is 3. The highest BCUT2D eigenvalue weighted by atomic mass is 19.4. The molecule has 33 heavy (non-hydrogen) atoms. The molecule has 1 amide bonds. The van der Waals surface area contributed by atoms with Crippen LogP contribution in [0.15, 0.2) is 72.8 Å². The summed E-state index contributed by atoms with van der Waals surface area (Å²) in [5, 5.41) is 2.86. The molecule has 3 nitrogen and oxygen atoms in total. The van der Waals surface area contributed by atoms with Crippen LogP contribution in [-0.2, 0) is 11.0 Å². The van der Waals surface area contributed by atoms with Gasteiger partial charge in [0.25, 0.3) is 0 Å². The molecular formula is C25H21F5N2O. The van der Waals surface area contributed by atoms with Gasteiger partial charge in [0.1, 0.15) is 17.7 Å². The number of anilines is 1. The minimum absolute atomic E-state index is 0.0530. The lowest BCUT2D eigenvalue weighted by Crippen LogP contribution is -2.38. The van der Waals surface area contributed by atoms with Crippen molar-refractivity contribution in [3.8, 4) is 0 Å². The highest BCUT2D eigenvalue weighted by Gasteiger charge is 2.36. The fourth-order valence-corrected chi connectivity index (χ4v) is 4.14. The topological polar surface area (TPSA) is 32.3 Å². The molecule has 1 fully saturated rings. The molecule has 0 aromatic heterocycles. The highest BCUT2D eigenvalue weighted by Crippen LogP contribution is 2.36. The fraction of sp³-hybridized carbons (Fsp3) is 0.240. The van der Waals surface area contributed by atoms with Gasteiger partial charge in [-0.2, -0.15) is 13.2 Å². The van der Waals surface area contributed by atoms with Crippen molar-refractivity contribution in [3.05, 3.63) is 101 Å². The molecule has 172 valence electrons. The Kier molecular flexibility index (Phi) is 6.35. The van der Waals surface area contributed by atoms with Crippen LogP contribution in [0.2, 0.25) is 0 Å². The van der Waals surface area contributed by atoms with Gasteiger partial charge >= 0.3 is 6.18 Å². The van der Waals surface area contributed by atoms with Crippen LogP contribution in [0, 0.1) is 11.6 Å². The molecule has 0 saturated carbocycles. The molecule has 0 aliphatic carbocycles. The van der Waals surface area contributed by atoms with Gasteiger partial charge in [-0.3, -0.25) is 4.79 Å². The zero-order chi connectivity index (χ0) is 23.6. The number of benzene rings is 3. The van der Waals surface area contributed by atoms with Crippen molar-refractivity contribution in [1.82, 2.24) is 4.90 Å². The largest absolute Gasteiger partial charge is 0.416 e. The molecule has 3 aromatic carbocycles. The summed E-state index contributed by atoms with van der Waals surface area (Å²) in [4.78, 5) is 15.2. The summed E-state index contributed by atoms with van der Waals surface area (Å²) in [6, 6.07) is 14.5. The number of nitrogens with one attached hydrogen (secondary N) is 1. The van der Waals surface area contributed by atoms with Crippen LogP contribution >= 0.6 is 0 Å². The summed E-state index contributed by atoms with van der Waals surface area (Å²) in [6.07, 6.45) is -3.21. The first-order valence-electron chi connectivity index (χ1n) is 10.5. The third-order valence-electron chi connectivity index (χ3n) is 5.76. The second-order valence-corrected chi connectivity index (χ2v) is 7.92. The van der Waals surface area contributed by atoms with Crippen LogP contribution in [0.4, 0.5) is 27.6 Å². The van der Waals surface area contributed by atoms with E-state index in [0.717, 1.165) is 12.1 Å². The lowest BCUT2D eigenvalue weighted by Gasteiger charge is -2.30. The molecule has 1 heterocycles. The Hall–Kier alpha value is -3.42. The number of halogens is 5. The van der Waals surface area contributed by atoms with E-state index in [1.807, 2.05) is 0 Å². The monoisotopic (exact) mass is 460 g/mol. The molecule has 0 bridgehead atoms. The molecule has 8 heteroatoms. The van der Waals surface area contributed by atoms with Gasteiger partial charge in [-0.15, -0.1) is 0 Å². The molecule has 1 N–H and O–H groups in total. The molecule has 1 saturated heterocycles. The van der Waals surface area contributed by atoms with Crippen LogP contribution in [0.3, 0.4) is 0 Å². The molecule has 2 unspecified atom stereocenters. The van der Waals surface area contributed by atoms with Crippen LogP contribution in [-0.4, -0.2) is 17.4 Å². The van der Waals surface area contributed by atoms with Crippen LogP contribution in [0.1, 0.15) is 41.6 Å². The smallest absolute Gasteiger partial charge is 0.368 e. The third kappa shape index (κ3) is 4.99. The quantitative estimate of drug-likeness (QED) is 0.441. The van der Waals surface area contributed by atoms with Crippen molar-refractivity contribution in [3.63, 3.8) is 0 Å². The summed E-state index contributed by atoms with van der Waals surface area (Å²) in [6.45, 7) is 0.399. The Morgan fingerprint density at radius 2 is 1.70 bits per heavy atom. The van der Waals surface area contributed by atoms with Crippen molar-refractivity contribution in [2.75, 3.05) is 11.9 Å². The third-order valence-corrected chi connectivity index (χ3v) is 5.76. The molecule has 0 radical (unpaired) electrons. The molecule has 3 aromatic rings. The first-order chi connectivity index (χ1) is 15.7. The second-order valence-electron chi connectivity index (χ2n) is 7.92. The summed E-state index contributed by atoms with van der Waals surface area (Å²) < 4.78 is 67.2. The number of carbonyl (C=O) groups excluding carboxylic acids is 1. The number of rotatable bonds is 5. The van der Waals surface area contributed by atoms with Gasteiger partial charge < -0.3 is 10.2 Å². The Balaban J connectivity index is 1.69. The van der Waals surface area contributed by atoms with E-state index in [1.165, 1.54) is 42.5 Å². The number of hydrogen-bond donors (Lipinski definition) is 1. The maximum atomic E-state index is 14.3. The number of likely N-dealkylation sites (tertiary alicyclic amines) is 1. The maximum Gasteiger partial charge on any atom is 0.416 e. The fourth-order valence-electron chi connectivity index (χ4n) is 4.14. The van der Waals surface area contributed by atoms with Gasteiger partial charge in [-0.1, -0.05) is 36.4 Å². The SMILES string of the molecule is O=C(C(Nc1ccccc1F)c1ccc(C(F)(F)F)cc1)N1CCCC1c1cccc(F)c1. The molecule has 4 rings (SSSR count). The standard InChI is InChI=1S/C25H21F5N2O/c26-19-6-3-5-17(15-19)22-9-4-14-32(22)24(33)23(31-21-8-2-1-7-20(21)27)16-10-12-18(13-11-16)25(28,29)30/h1-3,5-8,10-13,15,22-23,31H,4,9,14H2. The highest BCUT2D eigenvalue weighted by molar-refractivity contribution is 5.87. The average Bonchev–Trinajstić information content (AvgIpc) is 3.28. The van der Waals surface area contributed by atoms with Crippen molar-refractivity contribution < 1.29 is 26.7 Å². The van der Waals surface area contributed by atoms with E-state index in [1.54, 1.807) is 23.1 Å². The van der Waals surface area contributed by atoms with Crippen LogP contribution in [0.25, 0.3) is 0 Å². The van der Waals surface area contributed by atoms with E-state index in [-0.39, 0.29) is 17.3 Å². The van der Waals surface area contributed by atoms with Gasteiger partial charge in [0.05, 0.1) is 17.3 Å². The number of hydrogen-bond acceptors (Lipinski definition) is 2. The average molecular weight is 460 g/mol. The zero-order valence-corrected chi connectivity index (χ0v) is 17.4. The van der Waals surface area contributed by atoms with Gasteiger partial charge in [0.2, 0.25) is 5.91 Å². The van der Waals surface area contributed by atoms with Gasteiger partial charge in [0, 0.05) is 6.54 Å². The Labute approximate surface area is 187 Å². The number of para-hydroxylation sites is 1. The van der Waals surface area contributed by atoms with E-state index in [2.05, 4.69) is 5.32 Å². The minimum atomic E-state index is -4.52. The number of nitrogens with zero attached hydrogens (tertiary/aromatic N) is 1. The molecule has 2 atom stereocenters. The van der Waals surface area contributed by atoms with E-state index < -0.39 is 35.3 Å². The van der Waals surface area contributed by atoms with Crippen molar-refractivity contribution in [1.29, 1.82) is 0 Å². The minimum Gasteiger partial charge on any atom is -0.368 e. The maximum absolute atomic E-state index is 14.3. The summed E-state index contributed by atoms with van der Waals surface area (Å²) in [7, 11) is 0. The molecule has 0 spiro atoms. The van der Waals surface area contributed by atoms with Crippen LogP contribution < -0.4 is 5.32 Å². The first kappa shape index (κ1) is 22.8. The van der Waals surface area contributed by atoms with Crippen LogP contribution in [0.5, 0.6) is 0 Å². The van der Waals surface area contributed by atoms with E-state index in [0.29, 0.717) is 24.9 Å². The van der Waals surface area contributed by atoms with Crippen molar-refractivity contribution in [2.45, 2.75) is 31.1 Å². The first-order valence-corrected chi connectivity index (χ1v) is 10.5. The Morgan fingerprint density at radius 1 is 0.970 bits per heavy atom. The summed E-state index contributed by atoms with van der Waals surface area (Å²) in [5.41, 5.74) is 0.110. The normalized spacial score (nSPS) is 17.1.